The van der Waals surface area contributed by atoms with Crippen molar-refractivity contribution in [3.8, 4) is 0 Å². The van der Waals surface area contributed by atoms with Crippen LogP contribution in [0.15, 0.2) is 24.3 Å². The molecule has 3 nitrogen and oxygen atoms in total. The Hall–Kier alpha value is -1.68. The third kappa shape index (κ3) is 2.16. The number of nitrogen functional groups attached to an aromatic ring is 1. The molecule has 0 fully saturated rings. The number of halogens is 1. The molecule has 0 saturated heterocycles. The van der Waals surface area contributed by atoms with Crippen molar-refractivity contribution in [2.24, 2.45) is 5.84 Å². The minimum Gasteiger partial charge on any atom is -0.322 e. The summed E-state index contributed by atoms with van der Waals surface area (Å²) >= 11 is 0. The zero-order valence-corrected chi connectivity index (χ0v) is 10.9. The Labute approximate surface area is 106 Å². The molecule has 0 unspecified atom stereocenters. The summed E-state index contributed by atoms with van der Waals surface area (Å²) in [7, 11) is 0. The van der Waals surface area contributed by atoms with Crippen LogP contribution in [0.25, 0.3) is 10.9 Å². The number of hydrogen-bond donors (Lipinski definition) is 2. The lowest BCUT2D eigenvalue weighted by Gasteiger charge is -2.25. The van der Waals surface area contributed by atoms with Gasteiger partial charge in [-0.2, -0.15) is 0 Å². The number of fused-ring (bicyclic) bond motifs is 1. The first-order chi connectivity index (χ1) is 8.47. The number of nitrogens with zero attached hydrogens (tertiary/aromatic N) is 1. The maximum absolute atomic E-state index is 13.2. The fourth-order valence-corrected chi connectivity index (χ4v) is 1.93. The average Bonchev–Trinajstić information content (AvgIpc) is 2.37. The van der Waals surface area contributed by atoms with Gasteiger partial charge < -0.3 is 5.43 Å². The Morgan fingerprint density at radius 1 is 1.33 bits per heavy atom. The van der Waals surface area contributed by atoms with Crippen LogP contribution in [-0.4, -0.2) is 4.98 Å². The van der Waals surface area contributed by atoms with Crippen LogP contribution in [0.2, 0.25) is 0 Å². The molecule has 1 aromatic carbocycles. The van der Waals surface area contributed by atoms with Crippen LogP contribution in [-0.2, 0) is 5.41 Å². The van der Waals surface area contributed by atoms with Gasteiger partial charge >= 0.3 is 0 Å². The van der Waals surface area contributed by atoms with Crippen molar-refractivity contribution in [1.29, 1.82) is 0 Å². The van der Waals surface area contributed by atoms with Gasteiger partial charge in [-0.25, -0.2) is 9.37 Å². The Morgan fingerprint density at radius 3 is 2.67 bits per heavy atom. The number of nitrogens with one attached hydrogen (secondary N) is 1. The summed E-state index contributed by atoms with van der Waals surface area (Å²) in [6.07, 6.45) is 0.926. The Morgan fingerprint density at radius 2 is 2.06 bits per heavy atom. The van der Waals surface area contributed by atoms with Crippen molar-refractivity contribution in [3.63, 3.8) is 0 Å². The minimum absolute atomic E-state index is 0.109. The maximum Gasteiger partial charge on any atom is 0.125 e. The van der Waals surface area contributed by atoms with Crippen molar-refractivity contribution in [1.82, 2.24) is 4.98 Å². The Bertz CT molecular complexity index is 579. The van der Waals surface area contributed by atoms with Crippen LogP contribution in [0.5, 0.6) is 0 Å². The number of rotatable bonds is 3. The number of pyridine rings is 1. The number of benzene rings is 1. The highest BCUT2D eigenvalue weighted by Crippen LogP contribution is 2.33. The highest BCUT2D eigenvalue weighted by atomic mass is 19.1. The van der Waals surface area contributed by atoms with E-state index in [-0.39, 0.29) is 11.2 Å². The van der Waals surface area contributed by atoms with Crippen LogP contribution in [0.1, 0.15) is 32.9 Å². The number of aromatic nitrogens is 1. The molecule has 4 heteroatoms. The van der Waals surface area contributed by atoms with E-state index in [9.17, 15) is 4.39 Å². The van der Waals surface area contributed by atoms with Crippen LogP contribution >= 0.6 is 0 Å². The average molecular weight is 247 g/mol. The second-order valence-corrected chi connectivity index (χ2v) is 5.10. The second kappa shape index (κ2) is 4.53. The molecule has 18 heavy (non-hydrogen) atoms. The molecule has 0 saturated carbocycles. The summed E-state index contributed by atoms with van der Waals surface area (Å²) in [5.74, 6) is 5.28. The Kier molecular flexibility index (Phi) is 3.22. The third-order valence-corrected chi connectivity index (χ3v) is 3.46. The summed E-state index contributed by atoms with van der Waals surface area (Å²) in [5, 5.41) is 0.875. The molecule has 0 aliphatic heterocycles. The highest BCUT2D eigenvalue weighted by Gasteiger charge is 2.23. The van der Waals surface area contributed by atoms with Gasteiger partial charge in [-0.3, -0.25) is 5.84 Å². The van der Waals surface area contributed by atoms with Gasteiger partial charge in [-0.15, -0.1) is 0 Å². The number of anilines is 1. The monoisotopic (exact) mass is 247 g/mol. The lowest BCUT2D eigenvalue weighted by atomic mass is 9.84. The summed E-state index contributed by atoms with van der Waals surface area (Å²) < 4.78 is 13.2. The molecular formula is C14H18FN3. The number of hydrazine groups is 1. The topological polar surface area (TPSA) is 50.9 Å². The second-order valence-electron chi connectivity index (χ2n) is 5.10. The maximum atomic E-state index is 13.2. The van der Waals surface area contributed by atoms with E-state index in [0.29, 0.717) is 5.52 Å². The minimum atomic E-state index is -0.274. The third-order valence-electron chi connectivity index (χ3n) is 3.46. The van der Waals surface area contributed by atoms with Crippen LogP contribution in [0.4, 0.5) is 10.1 Å². The standard InChI is InChI=1S/C14H18FN3/c1-4-14(2,3)13-12(18-16)7-9-5-6-10(15)8-11(9)17-13/h5-8,18H,4,16H2,1-3H3. The molecule has 0 atom stereocenters. The summed E-state index contributed by atoms with van der Waals surface area (Å²) in [6.45, 7) is 6.29. The number of nitrogens with two attached hydrogens (primary N) is 1. The van der Waals surface area contributed by atoms with Gasteiger partial charge in [0.1, 0.15) is 5.82 Å². The molecular weight excluding hydrogens is 229 g/mol. The van der Waals surface area contributed by atoms with Gasteiger partial charge in [-0.05, 0) is 24.6 Å². The first-order valence-electron chi connectivity index (χ1n) is 6.05. The molecule has 0 radical (unpaired) electrons. The highest BCUT2D eigenvalue weighted by molar-refractivity contribution is 5.83. The lowest BCUT2D eigenvalue weighted by Crippen LogP contribution is -2.22. The van der Waals surface area contributed by atoms with Crippen LogP contribution < -0.4 is 11.3 Å². The van der Waals surface area contributed by atoms with Gasteiger partial charge in [0.25, 0.3) is 0 Å². The molecule has 0 aliphatic rings. The molecule has 0 amide bonds. The molecule has 0 aliphatic carbocycles. The predicted molar refractivity (Wildman–Crippen MR) is 72.8 cm³/mol. The van der Waals surface area contributed by atoms with Gasteiger partial charge in [0.15, 0.2) is 0 Å². The molecule has 1 heterocycles. The van der Waals surface area contributed by atoms with E-state index in [1.165, 1.54) is 12.1 Å². The zero-order chi connectivity index (χ0) is 13.3. The van der Waals surface area contributed by atoms with E-state index < -0.39 is 0 Å². The van der Waals surface area contributed by atoms with Crippen molar-refractivity contribution in [2.75, 3.05) is 5.43 Å². The smallest absolute Gasteiger partial charge is 0.125 e. The zero-order valence-electron chi connectivity index (χ0n) is 10.9. The van der Waals surface area contributed by atoms with Crippen molar-refractivity contribution in [3.05, 3.63) is 35.8 Å². The van der Waals surface area contributed by atoms with Crippen LogP contribution in [0.3, 0.4) is 0 Å². The van der Waals surface area contributed by atoms with E-state index in [1.807, 2.05) is 6.07 Å². The molecule has 0 bridgehead atoms. The number of hydrogen-bond acceptors (Lipinski definition) is 3. The van der Waals surface area contributed by atoms with E-state index in [1.54, 1.807) is 6.07 Å². The molecule has 0 spiro atoms. The molecule has 3 N–H and O–H groups in total. The first-order valence-corrected chi connectivity index (χ1v) is 6.05. The predicted octanol–water partition coefficient (Wildman–Crippen LogP) is 3.35. The van der Waals surface area contributed by atoms with Crippen molar-refractivity contribution >= 4 is 16.6 Å². The quantitative estimate of drug-likeness (QED) is 0.646. The van der Waals surface area contributed by atoms with E-state index in [2.05, 4.69) is 31.2 Å². The summed E-state index contributed by atoms with van der Waals surface area (Å²) in [5.41, 5.74) is 4.89. The Balaban J connectivity index is 2.71. The first kappa shape index (κ1) is 12.8. The lowest BCUT2D eigenvalue weighted by molar-refractivity contribution is 0.493. The molecule has 96 valence electrons. The van der Waals surface area contributed by atoms with E-state index in [0.717, 1.165) is 23.2 Å². The van der Waals surface area contributed by atoms with E-state index in [4.69, 9.17) is 5.84 Å². The fourth-order valence-electron chi connectivity index (χ4n) is 1.93. The fraction of sp³-hybridized carbons (Fsp3) is 0.357. The SMILES string of the molecule is CCC(C)(C)c1nc2cc(F)ccc2cc1NN. The van der Waals surface area contributed by atoms with Gasteiger partial charge in [0.05, 0.1) is 16.9 Å². The van der Waals surface area contributed by atoms with Crippen molar-refractivity contribution < 1.29 is 4.39 Å². The van der Waals surface area contributed by atoms with Gasteiger partial charge in [0, 0.05) is 16.9 Å². The summed E-state index contributed by atoms with van der Waals surface area (Å²) in [6, 6.07) is 6.50. The molecule has 2 rings (SSSR count). The van der Waals surface area contributed by atoms with E-state index >= 15 is 0 Å². The van der Waals surface area contributed by atoms with Gasteiger partial charge in [0.2, 0.25) is 0 Å². The molecule has 1 aromatic heterocycles. The van der Waals surface area contributed by atoms with Crippen molar-refractivity contribution in [2.45, 2.75) is 32.6 Å². The normalized spacial score (nSPS) is 11.8. The molecule has 2 aromatic rings. The van der Waals surface area contributed by atoms with Crippen LogP contribution in [0, 0.1) is 5.82 Å². The largest absolute Gasteiger partial charge is 0.322 e. The summed E-state index contributed by atoms with van der Waals surface area (Å²) in [4.78, 5) is 4.57. The van der Waals surface area contributed by atoms with Gasteiger partial charge in [-0.1, -0.05) is 20.8 Å².